The molecule has 1 aliphatic rings. The first-order valence-electron chi connectivity index (χ1n) is 5.44. The average molecular weight is 315 g/mol. The highest BCUT2D eigenvalue weighted by molar-refractivity contribution is 9.10. The molecule has 1 saturated carbocycles. The highest BCUT2D eigenvalue weighted by Gasteiger charge is 2.31. The second-order valence-electron chi connectivity index (χ2n) is 4.26. The van der Waals surface area contributed by atoms with E-state index in [2.05, 4.69) is 26.2 Å². The second kappa shape index (κ2) is 4.01. The van der Waals surface area contributed by atoms with Crippen LogP contribution in [-0.2, 0) is 0 Å². The molecule has 2 aromatic rings. The number of nitrogens with two attached hydrogens (primary N) is 1. The molecule has 7 heteroatoms. The minimum atomic E-state index is -0.574. The molecule has 4 nitrogen and oxygen atoms in total. The van der Waals surface area contributed by atoms with Crippen LogP contribution in [0.25, 0.3) is 5.69 Å². The molecule has 1 aromatic carbocycles. The van der Waals surface area contributed by atoms with Crippen LogP contribution in [0.2, 0.25) is 0 Å². The van der Waals surface area contributed by atoms with E-state index in [9.17, 15) is 8.78 Å². The van der Waals surface area contributed by atoms with Gasteiger partial charge >= 0.3 is 0 Å². The van der Waals surface area contributed by atoms with Crippen LogP contribution < -0.4 is 5.73 Å². The molecule has 18 heavy (non-hydrogen) atoms. The summed E-state index contributed by atoms with van der Waals surface area (Å²) in [5.74, 6) is -0.608. The number of halogens is 3. The normalized spacial score (nSPS) is 15.1. The van der Waals surface area contributed by atoms with E-state index in [-0.39, 0.29) is 21.9 Å². The number of hydrogen-bond donors (Lipinski definition) is 1. The maximum Gasteiger partial charge on any atom is 0.169 e. The van der Waals surface area contributed by atoms with Gasteiger partial charge < -0.3 is 5.73 Å². The lowest BCUT2D eigenvalue weighted by Crippen LogP contribution is -2.06. The summed E-state index contributed by atoms with van der Waals surface area (Å²) in [6.07, 6.45) is 1.94. The van der Waals surface area contributed by atoms with Gasteiger partial charge in [-0.3, -0.25) is 0 Å². The van der Waals surface area contributed by atoms with Gasteiger partial charge in [0.05, 0.1) is 10.2 Å². The molecule has 0 amide bonds. The Hall–Kier alpha value is -1.50. The summed E-state index contributed by atoms with van der Waals surface area (Å²) in [7, 11) is 0. The van der Waals surface area contributed by atoms with Gasteiger partial charge in [0.2, 0.25) is 0 Å². The van der Waals surface area contributed by atoms with Crippen LogP contribution >= 0.6 is 15.9 Å². The predicted octanol–water partition coefficient (Wildman–Crippen LogP) is 2.77. The van der Waals surface area contributed by atoms with Crippen LogP contribution in [0.5, 0.6) is 0 Å². The Morgan fingerprint density at radius 1 is 1.28 bits per heavy atom. The van der Waals surface area contributed by atoms with E-state index in [4.69, 9.17) is 5.73 Å². The van der Waals surface area contributed by atoms with Crippen LogP contribution in [-0.4, -0.2) is 15.0 Å². The van der Waals surface area contributed by atoms with E-state index < -0.39 is 11.6 Å². The van der Waals surface area contributed by atoms with Crippen molar-refractivity contribution in [3.8, 4) is 5.69 Å². The molecule has 1 aromatic heterocycles. The third kappa shape index (κ3) is 1.78. The maximum atomic E-state index is 13.9. The Morgan fingerprint density at radius 3 is 2.67 bits per heavy atom. The smallest absolute Gasteiger partial charge is 0.169 e. The average Bonchev–Trinajstić information content (AvgIpc) is 3.08. The summed E-state index contributed by atoms with van der Waals surface area (Å²) in [4.78, 5) is 0. The molecular formula is C11H9BrF2N4. The van der Waals surface area contributed by atoms with Crippen LogP contribution in [0.3, 0.4) is 0 Å². The van der Waals surface area contributed by atoms with Crippen molar-refractivity contribution in [2.45, 2.75) is 18.8 Å². The molecule has 0 radical (unpaired) electrons. The van der Waals surface area contributed by atoms with Crippen LogP contribution in [0.4, 0.5) is 14.6 Å². The first kappa shape index (κ1) is 11.6. The molecule has 94 valence electrons. The number of hydrogen-bond acceptors (Lipinski definition) is 3. The van der Waals surface area contributed by atoms with Crippen LogP contribution in [0, 0.1) is 11.6 Å². The number of nitrogen functional groups attached to an aromatic ring is 1. The van der Waals surface area contributed by atoms with Gasteiger partial charge in [-0.05, 0) is 34.8 Å². The van der Waals surface area contributed by atoms with Crippen LogP contribution in [0.1, 0.15) is 24.5 Å². The van der Waals surface area contributed by atoms with Crippen molar-refractivity contribution < 1.29 is 8.78 Å². The van der Waals surface area contributed by atoms with Crippen molar-refractivity contribution >= 4 is 21.7 Å². The quantitative estimate of drug-likeness (QED) is 0.867. The monoisotopic (exact) mass is 314 g/mol. The fourth-order valence-corrected chi connectivity index (χ4v) is 2.21. The van der Waals surface area contributed by atoms with Gasteiger partial charge in [0, 0.05) is 12.0 Å². The minimum absolute atomic E-state index is 0.0294. The third-order valence-electron chi connectivity index (χ3n) is 2.91. The molecule has 1 heterocycles. The van der Waals surface area contributed by atoms with Gasteiger partial charge in [-0.2, -0.15) is 0 Å². The zero-order valence-electron chi connectivity index (χ0n) is 9.20. The molecular weight excluding hydrogens is 306 g/mol. The number of benzene rings is 1. The largest absolute Gasteiger partial charge is 0.381 e. The second-order valence-corrected chi connectivity index (χ2v) is 5.12. The predicted molar refractivity (Wildman–Crippen MR) is 65.4 cm³/mol. The van der Waals surface area contributed by atoms with Gasteiger partial charge in [0.15, 0.2) is 5.82 Å². The molecule has 1 aliphatic carbocycles. The highest BCUT2D eigenvalue weighted by Crippen LogP contribution is 2.43. The zero-order chi connectivity index (χ0) is 12.9. The summed E-state index contributed by atoms with van der Waals surface area (Å²) < 4.78 is 28.7. The van der Waals surface area contributed by atoms with Gasteiger partial charge in [0.25, 0.3) is 0 Å². The van der Waals surface area contributed by atoms with Crippen LogP contribution in [0.15, 0.2) is 16.6 Å². The van der Waals surface area contributed by atoms with Crippen molar-refractivity contribution in [1.82, 2.24) is 15.0 Å². The number of rotatable bonds is 2. The van der Waals surface area contributed by atoms with E-state index >= 15 is 0 Å². The van der Waals surface area contributed by atoms with Crippen molar-refractivity contribution in [2.75, 3.05) is 5.73 Å². The van der Waals surface area contributed by atoms with Crippen molar-refractivity contribution in [1.29, 1.82) is 0 Å². The standard InChI is InChI=1S/C11H9BrF2N4/c12-6-3-8(14)9(4-7(6)13)18-10(5-1-2-5)11(15)16-17-18/h3-5H,1-2,15H2. The van der Waals surface area contributed by atoms with Gasteiger partial charge in [0.1, 0.15) is 17.3 Å². The zero-order valence-corrected chi connectivity index (χ0v) is 10.8. The van der Waals surface area contributed by atoms with E-state index in [1.54, 1.807) is 0 Å². The molecule has 0 spiro atoms. The molecule has 0 unspecified atom stereocenters. The topological polar surface area (TPSA) is 56.7 Å². The minimum Gasteiger partial charge on any atom is -0.381 e. The summed E-state index contributed by atoms with van der Waals surface area (Å²) in [5.41, 5.74) is 6.41. The van der Waals surface area contributed by atoms with Crippen molar-refractivity contribution in [2.24, 2.45) is 0 Å². The lowest BCUT2D eigenvalue weighted by molar-refractivity contribution is 0.576. The lowest BCUT2D eigenvalue weighted by atomic mass is 10.2. The highest BCUT2D eigenvalue weighted by atomic mass is 79.9. The Balaban J connectivity index is 2.18. The Kier molecular flexibility index (Phi) is 2.58. The van der Waals surface area contributed by atoms with E-state index in [1.165, 1.54) is 4.68 Å². The summed E-state index contributed by atoms with van der Waals surface area (Å²) in [6.45, 7) is 0. The van der Waals surface area contributed by atoms with E-state index in [0.29, 0.717) is 5.69 Å². The van der Waals surface area contributed by atoms with E-state index in [0.717, 1.165) is 25.0 Å². The van der Waals surface area contributed by atoms with Gasteiger partial charge in [-0.25, -0.2) is 13.5 Å². The maximum absolute atomic E-state index is 13.9. The molecule has 3 rings (SSSR count). The van der Waals surface area contributed by atoms with Gasteiger partial charge in [-0.15, -0.1) is 5.10 Å². The third-order valence-corrected chi connectivity index (χ3v) is 3.52. The molecule has 2 N–H and O–H groups in total. The number of aromatic nitrogens is 3. The Bertz CT molecular complexity index is 622. The molecule has 0 atom stereocenters. The number of nitrogens with zero attached hydrogens (tertiary/aromatic N) is 3. The van der Waals surface area contributed by atoms with E-state index in [1.807, 2.05) is 0 Å². The molecule has 0 bridgehead atoms. The summed E-state index contributed by atoms with van der Waals surface area (Å²) in [6, 6.07) is 2.15. The summed E-state index contributed by atoms with van der Waals surface area (Å²) >= 11 is 2.93. The SMILES string of the molecule is Nc1nnn(-c2cc(F)c(Br)cc2F)c1C1CC1. The fourth-order valence-electron chi connectivity index (χ4n) is 1.89. The van der Waals surface area contributed by atoms with Crippen molar-refractivity contribution in [3.63, 3.8) is 0 Å². The molecule has 0 aliphatic heterocycles. The first-order valence-corrected chi connectivity index (χ1v) is 6.23. The molecule has 1 fully saturated rings. The van der Waals surface area contributed by atoms with Gasteiger partial charge in [-0.1, -0.05) is 5.21 Å². The first-order chi connectivity index (χ1) is 8.58. The molecule has 0 saturated heterocycles. The fraction of sp³-hybridized carbons (Fsp3) is 0.273. The summed E-state index contributed by atoms with van der Waals surface area (Å²) in [5, 5.41) is 7.54. The van der Waals surface area contributed by atoms with Crippen molar-refractivity contribution in [3.05, 3.63) is 33.9 Å². The lowest BCUT2D eigenvalue weighted by Gasteiger charge is -2.08. The Morgan fingerprint density at radius 2 is 2.00 bits per heavy atom. The number of anilines is 1. The Labute approximate surface area is 110 Å².